The third-order valence-corrected chi connectivity index (χ3v) is 4.23. The number of halogens is 2. The highest BCUT2D eigenvalue weighted by Gasteiger charge is 2.17. The Kier molecular flexibility index (Phi) is 5.95. The first-order valence-electron chi connectivity index (χ1n) is 6.95. The molecule has 0 bridgehead atoms. The molecule has 2 aromatic rings. The van der Waals surface area contributed by atoms with Crippen molar-refractivity contribution in [1.82, 2.24) is 0 Å². The van der Waals surface area contributed by atoms with Gasteiger partial charge in [0.2, 0.25) is 0 Å². The van der Waals surface area contributed by atoms with Gasteiger partial charge in [-0.05, 0) is 42.3 Å². The number of nitrogens with two attached hydrogens (primary N) is 1. The van der Waals surface area contributed by atoms with Gasteiger partial charge in [-0.2, -0.15) is 0 Å². The van der Waals surface area contributed by atoms with Crippen LogP contribution in [0.15, 0.2) is 36.4 Å². The molecule has 0 spiro atoms. The molecule has 3 nitrogen and oxygen atoms in total. The van der Waals surface area contributed by atoms with E-state index in [0.717, 1.165) is 22.6 Å². The van der Waals surface area contributed by atoms with E-state index in [4.69, 9.17) is 38.4 Å². The predicted octanol–water partition coefficient (Wildman–Crippen LogP) is 4.30. The molecular weight excluding hydrogens is 321 g/mol. The number of benzene rings is 2. The van der Waals surface area contributed by atoms with Crippen molar-refractivity contribution in [3.8, 4) is 11.5 Å². The van der Waals surface area contributed by atoms with Gasteiger partial charge in [-0.1, -0.05) is 41.4 Å². The summed E-state index contributed by atoms with van der Waals surface area (Å²) in [4.78, 5) is 0. The summed E-state index contributed by atoms with van der Waals surface area (Å²) in [5.74, 6) is 1.26. The smallest absolute Gasteiger partial charge is 0.179 e. The molecule has 0 amide bonds. The Morgan fingerprint density at radius 2 is 1.77 bits per heavy atom. The summed E-state index contributed by atoms with van der Waals surface area (Å²) in [6.07, 6.45) is 0.723. The van der Waals surface area contributed by atoms with Crippen LogP contribution in [-0.4, -0.2) is 20.8 Å². The average molecular weight is 340 g/mol. The van der Waals surface area contributed by atoms with E-state index in [0.29, 0.717) is 23.1 Å². The van der Waals surface area contributed by atoms with Crippen molar-refractivity contribution >= 4 is 23.2 Å². The van der Waals surface area contributed by atoms with E-state index in [1.54, 1.807) is 14.2 Å². The molecule has 0 aliphatic heterocycles. The maximum Gasteiger partial charge on any atom is 0.179 e. The summed E-state index contributed by atoms with van der Waals surface area (Å²) < 4.78 is 10.6. The number of hydrogen-bond acceptors (Lipinski definition) is 3. The third-order valence-electron chi connectivity index (χ3n) is 3.61. The molecule has 0 fully saturated rings. The van der Waals surface area contributed by atoms with Gasteiger partial charge in [0.05, 0.1) is 19.2 Å². The lowest BCUT2D eigenvalue weighted by atomic mass is 9.92. The topological polar surface area (TPSA) is 44.5 Å². The van der Waals surface area contributed by atoms with E-state index in [2.05, 4.69) is 0 Å². The Hall–Kier alpha value is -1.42. The van der Waals surface area contributed by atoms with E-state index in [-0.39, 0.29) is 5.92 Å². The molecule has 1 unspecified atom stereocenters. The predicted molar refractivity (Wildman–Crippen MR) is 91.5 cm³/mol. The van der Waals surface area contributed by atoms with Crippen LogP contribution in [0.25, 0.3) is 0 Å². The van der Waals surface area contributed by atoms with E-state index < -0.39 is 0 Å². The summed E-state index contributed by atoms with van der Waals surface area (Å²) >= 11 is 12.5. The molecule has 118 valence electrons. The monoisotopic (exact) mass is 339 g/mol. The number of ether oxygens (including phenoxy) is 2. The molecule has 2 rings (SSSR count). The van der Waals surface area contributed by atoms with Crippen molar-refractivity contribution in [3.63, 3.8) is 0 Å². The molecule has 0 saturated heterocycles. The molecular formula is C17H19Cl2NO2. The summed E-state index contributed by atoms with van der Waals surface area (Å²) in [6, 6.07) is 11.5. The van der Waals surface area contributed by atoms with Gasteiger partial charge in [0.15, 0.2) is 11.5 Å². The van der Waals surface area contributed by atoms with Crippen LogP contribution in [0.2, 0.25) is 10.0 Å². The van der Waals surface area contributed by atoms with E-state index in [9.17, 15) is 0 Å². The second kappa shape index (κ2) is 7.73. The molecule has 0 heterocycles. The minimum absolute atomic E-state index is 0.114. The number of hydrogen-bond donors (Lipinski definition) is 1. The molecule has 0 aliphatic rings. The second-order valence-electron chi connectivity index (χ2n) is 4.97. The molecule has 5 heteroatoms. The normalized spacial score (nSPS) is 12.0. The minimum Gasteiger partial charge on any atom is -0.493 e. The molecule has 0 saturated carbocycles. The van der Waals surface area contributed by atoms with Gasteiger partial charge in [0.25, 0.3) is 0 Å². The van der Waals surface area contributed by atoms with Crippen LogP contribution >= 0.6 is 23.2 Å². The van der Waals surface area contributed by atoms with Crippen LogP contribution in [0.5, 0.6) is 11.5 Å². The van der Waals surface area contributed by atoms with Gasteiger partial charge < -0.3 is 15.2 Å². The Morgan fingerprint density at radius 1 is 1.05 bits per heavy atom. The fourth-order valence-electron chi connectivity index (χ4n) is 2.50. The van der Waals surface area contributed by atoms with E-state index in [1.807, 2.05) is 36.4 Å². The zero-order chi connectivity index (χ0) is 16.1. The highest BCUT2D eigenvalue weighted by atomic mass is 35.5. The van der Waals surface area contributed by atoms with Gasteiger partial charge in [-0.15, -0.1) is 0 Å². The fourth-order valence-corrected chi connectivity index (χ4v) is 3.10. The van der Waals surface area contributed by atoms with Crippen LogP contribution < -0.4 is 15.2 Å². The quantitative estimate of drug-likeness (QED) is 0.853. The highest BCUT2D eigenvalue weighted by Crippen LogP contribution is 2.37. The second-order valence-corrected chi connectivity index (χ2v) is 5.79. The molecule has 1 atom stereocenters. The maximum absolute atomic E-state index is 6.28. The Labute approximate surface area is 140 Å². The van der Waals surface area contributed by atoms with Crippen molar-refractivity contribution in [2.45, 2.75) is 12.3 Å². The van der Waals surface area contributed by atoms with Crippen molar-refractivity contribution in [2.75, 3.05) is 20.8 Å². The molecule has 0 aromatic heterocycles. The largest absolute Gasteiger partial charge is 0.493 e. The third kappa shape index (κ3) is 3.67. The number of rotatable bonds is 6. The summed E-state index contributed by atoms with van der Waals surface area (Å²) in [7, 11) is 3.16. The Morgan fingerprint density at radius 3 is 2.36 bits per heavy atom. The minimum atomic E-state index is 0.114. The molecule has 0 aliphatic carbocycles. The van der Waals surface area contributed by atoms with Crippen molar-refractivity contribution in [2.24, 2.45) is 5.73 Å². The van der Waals surface area contributed by atoms with Crippen LogP contribution in [0, 0.1) is 0 Å². The summed E-state index contributed by atoms with van der Waals surface area (Å²) in [5.41, 5.74) is 8.00. The lowest BCUT2D eigenvalue weighted by Crippen LogP contribution is -2.15. The van der Waals surface area contributed by atoms with Crippen molar-refractivity contribution in [1.29, 1.82) is 0 Å². The van der Waals surface area contributed by atoms with Gasteiger partial charge in [-0.3, -0.25) is 0 Å². The number of methoxy groups -OCH3 is 2. The lowest BCUT2D eigenvalue weighted by molar-refractivity contribution is 0.354. The molecule has 0 radical (unpaired) electrons. The Balaban J connectivity index is 2.32. The zero-order valence-corrected chi connectivity index (χ0v) is 14.1. The SMILES string of the molecule is COc1cc(CC(CN)c2ccccc2Cl)cc(Cl)c1OC. The standard InChI is InChI=1S/C17H19Cl2NO2/c1-21-16-9-11(8-15(19)17(16)22-2)7-12(10-20)13-5-3-4-6-14(13)18/h3-6,8-9,12H,7,10,20H2,1-2H3. The van der Waals surface area contributed by atoms with Crippen molar-refractivity contribution in [3.05, 3.63) is 57.6 Å². The Bertz CT molecular complexity index is 647. The van der Waals surface area contributed by atoms with E-state index in [1.165, 1.54) is 0 Å². The molecule has 2 N–H and O–H groups in total. The van der Waals surface area contributed by atoms with Crippen LogP contribution in [0.3, 0.4) is 0 Å². The zero-order valence-electron chi connectivity index (χ0n) is 12.6. The van der Waals surface area contributed by atoms with E-state index >= 15 is 0 Å². The van der Waals surface area contributed by atoms with Gasteiger partial charge in [0.1, 0.15) is 0 Å². The average Bonchev–Trinajstić information content (AvgIpc) is 2.52. The van der Waals surface area contributed by atoms with Crippen molar-refractivity contribution < 1.29 is 9.47 Å². The van der Waals surface area contributed by atoms with Gasteiger partial charge in [-0.25, -0.2) is 0 Å². The first-order chi connectivity index (χ1) is 10.6. The van der Waals surface area contributed by atoms with Crippen LogP contribution in [0.4, 0.5) is 0 Å². The van der Waals surface area contributed by atoms with Gasteiger partial charge in [0, 0.05) is 10.9 Å². The molecule has 22 heavy (non-hydrogen) atoms. The van der Waals surface area contributed by atoms with Gasteiger partial charge >= 0.3 is 0 Å². The molecule has 2 aromatic carbocycles. The maximum atomic E-state index is 6.28. The fraction of sp³-hybridized carbons (Fsp3) is 0.294. The summed E-state index contributed by atoms with van der Waals surface area (Å²) in [6.45, 7) is 0.496. The van der Waals surface area contributed by atoms with Crippen LogP contribution in [-0.2, 0) is 6.42 Å². The first kappa shape index (κ1) is 16.9. The first-order valence-corrected chi connectivity index (χ1v) is 7.71. The highest BCUT2D eigenvalue weighted by molar-refractivity contribution is 6.32. The van der Waals surface area contributed by atoms with Crippen LogP contribution in [0.1, 0.15) is 17.0 Å². The summed E-state index contributed by atoms with van der Waals surface area (Å²) in [5, 5.41) is 1.25. The lowest BCUT2D eigenvalue weighted by Gasteiger charge is -2.18.